The first-order valence-electron chi connectivity index (χ1n) is 7.54. The molecule has 0 amide bonds. The van der Waals surface area contributed by atoms with E-state index in [9.17, 15) is 0 Å². The molecule has 0 saturated heterocycles. The first kappa shape index (κ1) is 15.7. The number of unbranched alkanes of at least 4 members (excludes halogenated alkanes) is 1. The molecule has 2 heteroatoms. The molecule has 0 bridgehead atoms. The Morgan fingerprint density at radius 3 is 2.67 bits per heavy atom. The Balaban J connectivity index is 2.13. The van der Waals surface area contributed by atoms with Gasteiger partial charge in [0, 0.05) is 10.9 Å². The van der Waals surface area contributed by atoms with Gasteiger partial charge in [-0.3, -0.25) is 0 Å². The zero-order valence-corrected chi connectivity index (χ0v) is 12.8. The smallest absolute Gasteiger partial charge is 0.00452 e. The van der Waals surface area contributed by atoms with Crippen molar-refractivity contribution in [2.75, 3.05) is 0 Å². The number of hydrogen-bond donors (Lipinski definition) is 1. The van der Waals surface area contributed by atoms with Crippen LogP contribution < -0.4 is 5.73 Å². The minimum absolute atomic E-state index is 0.409. The van der Waals surface area contributed by atoms with E-state index in [0.29, 0.717) is 6.04 Å². The quantitative estimate of drug-likeness (QED) is 0.634. The van der Waals surface area contributed by atoms with Gasteiger partial charge in [0.05, 0.1) is 0 Å². The van der Waals surface area contributed by atoms with Crippen molar-refractivity contribution in [2.24, 2.45) is 11.7 Å². The highest BCUT2D eigenvalue weighted by atomic mass is 32.1. The number of nitrogens with two attached hydrogens (primary N) is 1. The van der Waals surface area contributed by atoms with E-state index in [2.05, 4.69) is 31.4 Å². The molecule has 2 atom stereocenters. The Kier molecular flexibility index (Phi) is 8.36. The van der Waals surface area contributed by atoms with Crippen molar-refractivity contribution in [3.05, 3.63) is 22.4 Å². The van der Waals surface area contributed by atoms with Crippen LogP contribution in [-0.2, 0) is 6.42 Å². The van der Waals surface area contributed by atoms with E-state index in [1.807, 2.05) is 11.3 Å². The second kappa shape index (κ2) is 9.57. The first-order valence-corrected chi connectivity index (χ1v) is 8.42. The number of rotatable bonds is 10. The average Bonchev–Trinajstić information content (AvgIpc) is 2.87. The van der Waals surface area contributed by atoms with Crippen LogP contribution in [0.2, 0.25) is 0 Å². The van der Waals surface area contributed by atoms with Gasteiger partial charge in [-0.1, -0.05) is 45.6 Å². The zero-order chi connectivity index (χ0) is 13.2. The molecule has 0 saturated carbocycles. The third-order valence-electron chi connectivity index (χ3n) is 3.76. The molecule has 1 rings (SSSR count). The summed E-state index contributed by atoms with van der Waals surface area (Å²) in [7, 11) is 0. The van der Waals surface area contributed by atoms with E-state index in [-0.39, 0.29) is 0 Å². The van der Waals surface area contributed by atoms with Gasteiger partial charge >= 0.3 is 0 Å². The Bertz CT molecular complexity index is 281. The fourth-order valence-electron chi connectivity index (χ4n) is 2.52. The van der Waals surface area contributed by atoms with Crippen LogP contribution in [-0.4, -0.2) is 6.04 Å². The highest BCUT2D eigenvalue weighted by molar-refractivity contribution is 7.09. The highest BCUT2D eigenvalue weighted by Gasteiger charge is 2.11. The summed E-state index contributed by atoms with van der Waals surface area (Å²) in [4.78, 5) is 1.50. The number of aryl methyl sites for hydroxylation is 1. The van der Waals surface area contributed by atoms with Crippen molar-refractivity contribution in [2.45, 2.75) is 71.3 Å². The highest BCUT2D eigenvalue weighted by Crippen LogP contribution is 2.20. The molecule has 0 spiro atoms. The van der Waals surface area contributed by atoms with Gasteiger partial charge in [0.25, 0.3) is 0 Å². The molecule has 2 N–H and O–H groups in total. The maximum Gasteiger partial charge on any atom is 0.00452 e. The number of hydrogen-bond acceptors (Lipinski definition) is 2. The van der Waals surface area contributed by atoms with Crippen LogP contribution in [0.3, 0.4) is 0 Å². The molecule has 0 aliphatic heterocycles. The van der Waals surface area contributed by atoms with Crippen molar-refractivity contribution in [1.82, 2.24) is 0 Å². The Morgan fingerprint density at radius 2 is 2.06 bits per heavy atom. The minimum atomic E-state index is 0.409. The maximum atomic E-state index is 6.26. The molecule has 18 heavy (non-hydrogen) atoms. The topological polar surface area (TPSA) is 26.0 Å². The van der Waals surface area contributed by atoms with Gasteiger partial charge < -0.3 is 5.73 Å². The Hall–Kier alpha value is -0.340. The van der Waals surface area contributed by atoms with E-state index in [0.717, 1.165) is 5.92 Å². The second-order valence-electron chi connectivity index (χ2n) is 5.38. The van der Waals surface area contributed by atoms with Crippen LogP contribution in [0.15, 0.2) is 17.5 Å². The van der Waals surface area contributed by atoms with E-state index < -0.39 is 0 Å². The van der Waals surface area contributed by atoms with E-state index in [1.54, 1.807) is 0 Å². The van der Waals surface area contributed by atoms with E-state index in [1.165, 1.54) is 56.2 Å². The summed E-state index contributed by atoms with van der Waals surface area (Å²) in [5.74, 6) is 0.849. The van der Waals surface area contributed by atoms with Gasteiger partial charge in [0.15, 0.2) is 0 Å². The predicted octanol–water partition coefficient (Wildman–Crippen LogP) is 5.00. The number of thiophene rings is 1. The molecular formula is C16H29NS. The monoisotopic (exact) mass is 267 g/mol. The average molecular weight is 267 g/mol. The van der Waals surface area contributed by atoms with Crippen LogP contribution >= 0.6 is 11.3 Å². The third kappa shape index (κ3) is 6.55. The Labute approximate surface area is 117 Å². The van der Waals surface area contributed by atoms with Crippen LogP contribution in [0.4, 0.5) is 0 Å². The zero-order valence-electron chi connectivity index (χ0n) is 12.0. The molecule has 2 unspecified atom stereocenters. The largest absolute Gasteiger partial charge is 0.328 e. The summed E-state index contributed by atoms with van der Waals surface area (Å²) in [6, 6.07) is 4.77. The lowest BCUT2D eigenvalue weighted by Gasteiger charge is -2.19. The second-order valence-corrected chi connectivity index (χ2v) is 6.42. The lowest BCUT2D eigenvalue weighted by Crippen LogP contribution is -2.23. The molecule has 0 aliphatic carbocycles. The molecule has 1 nitrogen and oxygen atoms in total. The molecule has 0 fully saturated rings. The molecule has 104 valence electrons. The fourth-order valence-corrected chi connectivity index (χ4v) is 3.27. The van der Waals surface area contributed by atoms with Crippen LogP contribution in [0, 0.1) is 5.92 Å². The van der Waals surface area contributed by atoms with E-state index >= 15 is 0 Å². The maximum absolute atomic E-state index is 6.26. The molecule has 1 aromatic rings. The third-order valence-corrected chi connectivity index (χ3v) is 4.69. The molecule has 0 aliphatic rings. The van der Waals surface area contributed by atoms with Gasteiger partial charge in [-0.25, -0.2) is 0 Å². The van der Waals surface area contributed by atoms with Crippen molar-refractivity contribution in [1.29, 1.82) is 0 Å². The predicted molar refractivity (Wildman–Crippen MR) is 83.2 cm³/mol. The molecule has 1 aromatic heterocycles. The van der Waals surface area contributed by atoms with Gasteiger partial charge in [-0.05, 0) is 43.0 Å². The molecule has 0 aromatic carbocycles. The summed E-state index contributed by atoms with van der Waals surface area (Å²) < 4.78 is 0. The summed E-state index contributed by atoms with van der Waals surface area (Å²) >= 11 is 1.86. The lowest BCUT2D eigenvalue weighted by atomic mass is 9.90. The summed E-state index contributed by atoms with van der Waals surface area (Å²) in [6.07, 6.45) is 10.2. The van der Waals surface area contributed by atoms with Crippen LogP contribution in [0.5, 0.6) is 0 Å². The summed E-state index contributed by atoms with van der Waals surface area (Å²) in [6.45, 7) is 4.58. The summed E-state index contributed by atoms with van der Waals surface area (Å²) in [5.41, 5.74) is 6.26. The van der Waals surface area contributed by atoms with Crippen molar-refractivity contribution in [3.8, 4) is 0 Å². The molecule has 1 heterocycles. The van der Waals surface area contributed by atoms with Crippen LogP contribution in [0.1, 0.15) is 63.7 Å². The SMILES string of the molecule is CCCCC(CC)CC(N)CCCc1cccs1. The molecule has 0 radical (unpaired) electrons. The van der Waals surface area contributed by atoms with Crippen molar-refractivity contribution in [3.63, 3.8) is 0 Å². The van der Waals surface area contributed by atoms with Gasteiger partial charge in [0.1, 0.15) is 0 Å². The normalized spacial score (nSPS) is 14.6. The Morgan fingerprint density at radius 1 is 1.22 bits per heavy atom. The van der Waals surface area contributed by atoms with Gasteiger partial charge in [-0.2, -0.15) is 0 Å². The first-order chi connectivity index (χ1) is 8.76. The van der Waals surface area contributed by atoms with E-state index in [4.69, 9.17) is 5.73 Å². The minimum Gasteiger partial charge on any atom is -0.328 e. The standard InChI is InChI=1S/C16H29NS/c1-3-5-8-14(4-2)13-15(17)9-6-10-16-11-7-12-18-16/h7,11-12,14-15H,3-6,8-10,13,17H2,1-2H3. The lowest BCUT2D eigenvalue weighted by molar-refractivity contribution is 0.371. The molecular weight excluding hydrogens is 238 g/mol. The van der Waals surface area contributed by atoms with Gasteiger partial charge in [-0.15, -0.1) is 11.3 Å². The van der Waals surface area contributed by atoms with Crippen molar-refractivity contribution < 1.29 is 0 Å². The summed E-state index contributed by atoms with van der Waals surface area (Å²) in [5, 5.41) is 2.16. The fraction of sp³-hybridized carbons (Fsp3) is 0.750. The van der Waals surface area contributed by atoms with Crippen LogP contribution in [0.25, 0.3) is 0 Å². The van der Waals surface area contributed by atoms with Gasteiger partial charge in [0.2, 0.25) is 0 Å². The van der Waals surface area contributed by atoms with Crippen molar-refractivity contribution >= 4 is 11.3 Å².